The lowest BCUT2D eigenvalue weighted by Gasteiger charge is -2.37. The number of hydrogen-bond acceptors (Lipinski definition) is 6. The number of fused-ring (bicyclic) bond motifs is 3. The van der Waals surface area contributed by atoms with Gasteiger partial charge in [-0.3, -0.25) is 9.59 Å². The molecule has 0 aliphatic carbocycles. The number of aliphatic hydroxyl groups excluding tert-OH is 1. The minimum absolute atomic E-state index is 0.0410. The Hall–Kier alpha value is -2.65. The zero-order valence-electron chi connectivity index (χ0n) is 19.3. The van der Waals surface area contributed by atoms with Crippen molar-refractivity contribution in [2.45, 2.75) is 43.6 Å². The molecule has 0 bridgehead atoms. The van der Waals surface area contributed by atoms with Gasteiger partial charge < -0.3 is 30.1 Å². The van der Waals surface area contributed by atoms with Gasteiger partial charge in [-0.05, 0) is 56.4 Å². The van der Waals surface area contributed by atoms with Crippen molar-refractivity contribution >= 4 is 29.1 Å². The van der Waals surface area contributed by atoms with Gasteiger partial charge in [0.1, 0.15) is 18.0 Å². The topological polar surface area (TPSA) is 100 Å². The van der Waals surface area contributed by atoms with E-state index in [1.54, 1.807) is 23.1 Å². The summed E-state index contributed by atoms with van der Waals surface area (Å²) in [6.45, 7) is 0.484. The number of carbonyl (C=O) groups excluding carboxylic acids is 2. The number of benzene rings is 2. The molecular formula is C25H30ClN3O5. The number of carbonyl (C=O) groups is 2. The Balaban J connectivity index is 1.41. The summed E-state index contributed by atoms with van der Waals surface area (Å²) < 4.78 is 12.1. The molecule has 1 saturated heterocycles. The van der Waals surface area contributed by atoms with Crippen molar-refractivity contribution in [2.24, 2.45) is 0 Å². The number of amides is 2. The van der Waals surface area contributed by atoms with Crippen LogP contribution in [0.2, 0.25) is 5.02 Å². The maximum Gasteiger partial charge on any atom is 0.238 e. The van der Waals surface area contributed by atoms with Gasteiger partial charge in [0.05, 0.1) is 25.7 Å². The lowest BCUT2D eigenvalue weighted by Crippen LogP contribution is -2.47. The molecule has 0 saturated carbocycles. The van der Waals surface area contributed by atoms with Crippen molar-refractivity contribution in [3.05, 3.63) is 58.6 Å². The summed E-state index contributed by atoms with van der Waals surface area (Å²) in [6.07, 6.45) is -0.460. The van der Waals surface area contributed by atoms with Crippen LogP contribution in [0.25, 0.3) is 0 Å². The number of nitrogens with one attached hydrogen (secondary N) is 2. The highest BCUT2D eigenvalue weighted by Gasteiger charge is 2.46. The summed E-state index contributed by atoms with van der Waals surface area (Å²) in [4.78, 5) is 26.6. The predicted octanol–water partition coefficient (Wildman–Crippen LogP) is 2.54. The first-order valence-corrected chi connectivity index (χ1v) is 11.7. The normalized spacial score (nSPS) is 23.1. The molecule has 3 N–H and O–H groups in total. The van der Waals surface area contributed by atoms with Crippen molar-refractivity contribution in [1.29, 1.82) is 0 Å². The third-order valence-electron chi connectivity index (χ3n) is 6.06. The van der Waals surface area contributed by atoms with Gasteiger partial charge in [-0.25, -0.2) is 0 Å². The largest absolute Gasteiger partial charge is 0.487 e. The Kier molecular flexibility index (Phi) is 7.73. The van der Waals surface area contributed by atoms with Crippen molar-refractivity contribution in [3.8, 4) is 5.75 Å². The van der Waals surface area contributed by atoms with E-state index in [0.717, 1.165) is 16.9 Å². The maximum absolute atomic E-state index is 12.6. The summed E-state index contributed by atoms with van der Waals surface area (Å²) in [6, 6.07) is 12.9. The Bertz CT molecular complexity index is 1030. The minimum Gasteiger partial charge on any atom is -0.487 e. The summed E-state index contributed by atoms with van der Waals surface area (Å²) in [7, 11) is 3.67. The van der Waals surface area contributed by atoms with Gasteiger partial charge in [-0.2, -0.15) is 0 Å². The molecule has 8 nitrogen and oxygen atoms in total. The molecule has 2 amide bonds. The van der Waals surface area contributed by atoms with Crippen LogP contribution in [-0.2, 0) is 20.9 Å². The van der Waals surface area contributed by atoms with Gasteiger partial charge in [0.2, 0.25) is 11.8 Å². The number of halogens is 1. The molecule has 0 unspecified atom stereocenters. The first-order chi connectivity index (χ1) is 16.3. The standard InChI is InChI=1S/C25H30ClN3O5/c1-29(2)13-24(32)28-17-7-8-21-19(9-17)20-10-18(33-22(14-30)25(20)34-21)11-23(31)27-12-15-3-5-16(26)6-4-15/h3-9,18,20,22,25,30H,10-14H2,1-2H3,(H,27,31)(H,28,32)/t18-,20+,22+,25-/m1/s1. The Morgan fingerprint density at radius 1 is 1.15 bits per heavy atom. The summed E-state index contributed by atoms with van der Waals surface area (Å²) in [5.74, 6) is 0.450. The number of likely N-dealkylation sites (N-methyl/N-ethyl adjacent to an activating group) is 1. The molecular weight excluding hydrogens is 458 g/mol. The summed E-state index contributed by atoms with van der Waals surface area (Å²) in [5, 5.41) is 16.4. The van der Waals surface area contributed by atoms with Crippen LogP contribution in [0.5, 0.6) is 5.75 Å². The second kappa shape index (κ2) is 10.7. The molecule has 2 aromatic rings. The number of ether oxygens (including phenoxy) is 2. The highest BCUT2D eigenvalue weighted by Crippen LogP contribution is 2.47. The molecule has 2 heterocycles. The van der Waals surface area contributed by atoms with Gasteiger partial charge in [-0.1, -0.05) is 23.7 Å². The Morgan fingerprint density at radius 3 is 2.62 bits per heavy atom. The molecule has 9 heteroatoms. The summed E-state index contributed by atoms with van der Waals surface area (Å²) in [5.41, 5.74) is 2.61. The van der Waals surface area contributed by atoms with Crippen LogP contribution < -0.4 is 15.4 Å². The average molecular weight is 488 g/mol. The van der Waals surface area contributed by atoms with Crippen molar-refractivity contribution in [3.63, 3.8) is 0 Å². The van der Waals surface area contributed by atoms with Gasteiger partial charge in [0, 0.05) is 28.7 Å². The fourth-order valence-corrected chi connectivity index (χ4v) is 4.66. The maximum atomic E-state index is 12.6. The first-order valence-electron chi connectivity index (χ1n) is 11.3. The van der Waals surface area contributed by atoms with Crippen molar-refractivity contribution in [1.82, 2.24) is 10.2 Å². The third kappa shape index (κ3) is 5.88. The molecule has 2 aliphatic rings. The average Bonchev–Trinajstić information content (AvgIpc) is 3.15. The lowest BCUT2D eigenvalue weighted by molar-refractivity contribution is -0.142. The van der Waals surface area contributed by atoms with E-state index in [1.807, 2.05) is 38.4 Å². The van der Waals surface area contributed by atoms with Crippen molar-refractivity contribution < 1.29 is 24.2 Å². The number of anilines is 1. The smallest absolute Gasteiger partial charge is 0.238 e. The monoisotopic (exact) mass is 487 g/mol. The molecule has 4 rings (SSSR count). The van der Waals surface area contributed by atoms with E-state index in [1.165, 1.54) is 0 Å². The van der Waals surface area contributed by atoms with Crippen LogP contribution in [0.15, 0.2) is 42.5 Å². The first kappa shape index (κ1) is 24.5. The van der Waals surface area contributed by atoms with E-state index in [4.69, 9.17) is 21.1 Å². The zero-order valence-corrected chi connectivity index (χ0v) is 20.0. The fraction of sp³-hybridized carbons (Fsp3) is 0.440. The van der Waals surface area contributed by atoms with E-state index in [-0.39, 0.29) is 49.5 Å². The highest BCUT2D eigenvalue weighted by molar-refractivity contribution is 6.30. The quantitative estimate of drug-likeness (QED) is 0.529. The van der Waals surface area contributed by atoms with Gasteiger partial charge in [0.25, 0.3) is 0 Å². The Morgan fingerprint density at radius 2 is 1.91 bits per heavy atom. The fourth-order valence-electron chi connectivity index (χ4n) is 4.54. The van der Waals surface area contributed by atoms with Crippen molar-refractivity contribution in [2.75, 3.05) is 32.6 Å². The Labute approximate surface area is 204 Å². The molecule has 2 aliphatic heterocycles. The van der Waals surface area contributed by atoms with Crippen LogP contribution in [0, 0.1) is 0 Å². The predicted molar refractivity (Wildman–Crippen MR) is 129 cm³/mol. The van der Waals surface area contributed by atoms with Crippen LogP contribution in [-0.4, -0.2) is 67.4 Å². The highest BCUT2D eigenvalue weighted by atomic mass is 35.5. The third-order valence-corrected chi connectivity index (χ3v) is 6.31. The van der Waals surface area contributed by atoms with Crippen LogP contribution in [0.4, 0.5) is 5.69 Å². The van der Waals surface area contributed by atoms with Crippen LogP contribution in [0.1, 0.15) is 29.9 Å². The van der Waals surface area contributed by atoms with E-state index < -0.39 is 6.10 Å². The molecule has 0 radical (unpaired) electrons. The molecule has 0 aromatic heterocycles. The summed E-state index contributed by atoms with van der Waals surface area (Å²) >= 11 is 5.91. The number of hydrogen-bond donors (Lipinski definition) is 3. The van der Waals surface area contributed by atoms with E-state index in [9.17, 15) is 14.7 Å². The van der Waals surface area contributed by atoms with E-state index in [0.29, 0.717) is 23.7 Å². The van der Waals surface area contributed by atoms with Gasteiger partial charge in [0.15, 0.2) is 0 Å². The van der Waals surface area contributed by atoms with E-state index in [2.05, 4.69) is 10.6 Å². The number of nitrogens with zero attached hydrogens (tertiary/aromatic N) is 1. The zero-order chi connectivity index (χ0) is 24.2. The molecule has 34 heavy (non-hydrogen) atoms. The molecule has 4 atom stereocenters. The van der Waals surface area contributed by atoms with Gasteiger partial charge >= 0.3 is 0 Å². The minimum atomic E-state index is -0.535. The molecule has 182 valence electrons. The SMILES string of the molecule is CN(C)CC(=O)Nc1ccc2c(c1)[C@@H]1C[C@H](CC(=O)NCc3ccc(Cl)cc3)O[C@@H](CO)[C@@H]1O2. The molecule has 1 fully saturated rings. The number of rotatable bonds is 8. The second-order valence-electron chi connectivity index (χ2n) is 9.05. The van der Waals surface area contributed by atoms with Gasteiger partial charge in [-0.15, -0.1) is 0 Å². The van der Waals surface area contributed by atoms with E-state index >= 15 is 0 Å². The molecule has 0 spiro atoms. The number of aliphatic hydroxyl groups is 1. The molecule has 2 aromatic carbocycles. The van der Waals surface area contributed by atoms with Crippen LogP contribution in [0.3, 0.4) is 0 Å². The van der Waals surface area contributed by atoms with Crippen LogP contribution >= 0.6 is 11.6 Å². The second-order valence-corrected chi connectivity index (χ2v) is 9.49. The lowest BCUT2D eigenvalue weighted by atomic mass is 9.84.